The maximum atomic E-state index is 4.54. The second-order valence-electron chi connectivity index (χ2n) is 4.35. The molecule has 3 rings (SSSR count). The molecule has 1 aliphatic heterocycles. The summed E-state index contributed by atoms with van der Waals surface area (Å²) in [6.07, 6.45) is 5.72. The summed E-state index contributed by atoms with van der Waals surface area (Å²) < 4.78 is 2.18. The average Bonchev–Trinajstić information content (AvgIpc) is 2.82. The van der Waals surface area contributed by atoms with Crippen molar-refractivity contribution in [2.75, 3.05) is 13.6 Å². The minimum absolute atomic E-state index is 0.342. The van der Waals surface area contributed by atoms with E-state index in [2.05, 4.69) is 28.5 Å². The molecule has 0 amide bonds. The Bertz CT molecular complexity index is 349. The number of fused-ring (bicyclic) bond motifs is 2. The number of hydrogen-bond donors (Lipinski definition) is 0. The number of nitrogens with zero attached hydrogens (tertiary/aromatic N) is 3. The second-order valence-corrected chi connectivity index (χ2v) is 4.35. The molecule has 13 heavy (non-hydrogen) atoms. The van der Waals surface area contributed by atoms with Gasteiger partial charge in [-0.25, -0.2) is 4.98 Å². The summed E-state index contributed by atoms with van der Waals surface area (Å²) in [6, 6.07) is 0. The molecule has 0 aromatic carbocycles. The maximum absolute atomic E-state index is 4.54. The molecule has 0 N–H and O–H groups in total. The SMILES string of the molecule is CN1CCc2c(ncn2C)C12CC2. The Balaban J connectivity index is 2.16. The van der Waals surface area contributed by atoms with Gasteiger partial charge in [0.1, 0.15) is 0 Å². The zero-order chi connectivity index (χ0) is 9.05. The molecule has 0 radical (unpaired) electrons. The van der Waals surface area contributed by atoms with Crippen molar-refractivity contribution in [3.8, 4) is 0 Å². The number of aromatic nitrogens is 2. The lowest BCUT2D eigenvalue weighted by Gasteiger charge is -2.32. The lowest BCUT2D eigenvalue weighted by atomic mass is 10.0. The first-order valence-electron chi connectivity index (χ1n) is 4.96. The summed E-state index contributed by atoms with van der Waals surface area (Å²) in [5.41, 5.74) is 3.15. The maximum Gasteiger partial charge on any atom is 0.0949 e. The van der Waals surface area contributed by atoms with E-state index in [9.17, 15) is 0 Å². The second kappa shape index (κ2) is 2.15. The fourth-order valence-electron chi connectivity index (χ4n) is 2.54. The summed E-state index contributed by atoms with van der Waals surface area (Å²) >= 11 is 0. The molecule has 1 aliphatic carbocycles. The molecule has 0 atom stereocenters. The molecule has 1 aromatic heterocycles. The highest BCUT2D eigenvalue weighted by Crippen LogP contribution is 2.52. The van der Waals surface area contributed by atoms with Gasteiger partial charge in [0, 0.05) is 25.7 Å². The van der Waals surface area contributed by atoms with Crippen LogP contribution in [-0.2, 0) is 19.0 Å². The molecule has 3 nitrogen and oxygen atoms in total. The van der Waals surface area contributed by atoms with E-state index in [4.69, 9.17) is 0 Å². The minimum Gasteiger partial charge on any atom is -0.337 e. The molecule has 1 aromatic rings. The van der Waals surface area contributed by atoms with Crippen LogP contribution in [0, 0.1) is 0 Å². The summed E-state index contributed by atoms with van der Waals surface area (Å²) in [7, 11) is 4.33. The van der Waals surface area contributed by atoms with Crippen LogP contribution in [0.4, 0.5) is 0 Å². The Morgan fingerprint density at radius 3 is 2.85 bits per heavy atom. The molecule has 1 saturated carbocycles. The third kappa shape index (κ3) is 0.804. The molecule has 0 bridgehead atoms. The van der Waals surface area contributed by atoms with Crippen LogP contribution in [0.1, 0.15) is 24.2 Å². The van der Waals surface area contributed by atoms with Gasteiger partial charge in [0.05, 0.1) is 17.6 Å². The Morgan fingerprint density at radius 2 is 2.15 bits per heavy atom. The van der Waals surface area contributed by atoms with Gasteiger partial charge < -0.3 is 4.57 Å². The molecule has 2 heterocycles. The van der Waals surface area contributed by atoms with E-state index in [-0.39, 0.29) is 0 Å². The molecule has 0 unspecified atom stereocenters. The number of rotatable bonds is 0. The largest absolute Gasteiger partial charge is 0.337 e. The third-order valence-electron chi connectivity index (χ3n) is 3.64. The molecule has 1 fully saturated rings. The van der Waals surface area contributed by atoms with E-state index >= 15 is 0 Å². The van der Waals surface area contributed by atoms with E-state index in [0.717, 1.165) is 6.42 Å². The van der Waals surface area contributed by atoms with Crippen molar-refractivity contribution in [1.29, 1.82) is 0 Å². The number of aryl methyl sites for hydroxylation is 1. The quantitative estimate of drug-likeness (QED) is 0.587. The monoisotopic (exact) mass is 177 g/mol. The third-order valence-corrected chi connectivity index (χ3v) is 3.64. The van der Waals surface area contributed by atoms with Crippen LogP contribution >= 0.6 is 0 Å². The van der Waals surface area contributed by atoms with Crippen molar-refractivity contribution < 1.29 is 0 Å². The van der Waals surface area contributed by atoms with Crippen molar-refractivity contribution in [2.24, 2.45) is 7.05 Å². The van der Waals surface area contributed by atoms with Crippen molar-refractivity contribution in [3.63, 3.8) is 0 Å². The number of likely N-dealkylation sites (N-methyl/N-ethyl adjacent to an activating group) is 1. The highest BCUT2D eigenvalue weighted by molar-refractivity contribution is 5.31. The first-order valence-corrected chi connectivity index (χ1v) is 4.96. The Morgan fingerprint density at radius 1 is 1.38 bits per heavy atom. The summed E-state index contributed by atoms with van der Waals surface area (Å²) in [5.74, 6) is 0. The highest BCUT2D eigenvalue weighted by atomic mass is 15.2. The summed E-state index contributed by atoms with van der Waals surface area (Å²) in [6.45, 7) is 1.19. The fourth-order valence-corrected chi connectivity index (χ4v) is 2.54. The predicted molar refractivity (Wildman–Crippen MR) is 50.5 cm³/mol. The van der Waals surface area contributed by atoms with E-state index < -0.39 is 0 Å². The Hall–Kier alpha value is -0.830. The van der Waals surface area contributed by atoms with Crippen LogP contribution in [0.3, 0.4) is 0 Å². The van der Waals surface area contributed by atoms with Crippen LogP contribution in [0.15, 0.2) is 6.33 Å². The van der Waals surface area contributed by atoms with Gasteiger partial charge in [0.25, 0.3) is 0 Å². The van der Waals surface area contributed by atoms with Crippen LogP contribution < -0.4 is 0 Å². The first-order chi connectivity index (χ1) is 6.24. The van der Waals surface area contributed by atoms with Crippen molar-refractivity contribution in [3.05, 3.63) is 17.7 Å². The van der Waals surface area contributed by atoms with E-state index in [1.807, 2.05) is 6.33 Å². The zero-order valence-corrected chi connectivity index (χ0v) is 8.25. The predicted octanol–water partition coefficient (Wildman–Crippen LogP) is 0.897. The lowest BCUT2D eigenvalue weighted by Crippen LogP contribution is -2.38. The van der Waals surface area contributed by atoms with Crippen LogP contribution in [0.2, 0.25) is 0 Å². The van der Waals surface area contributed by atoms with E-state index in [1.165, 1.54) is 30.8 Å². The van der Waals surface area contributed by atoms with Crippen molar-refractivity contribution in [1.82, 2.24) is 14.5 Å². The molecule has 0 saturated heterocycles. The van der Waals surface area contributed by atoms with Crippen LogP contribution in [-0.4, -0.2) is 28.0 Å². The smallest absolute Gasteiger partial charge is 0.0949 e. The summed E-state index contributed by atoms with van der Waals surface area (Å²) in [5, 5.41) is 0. The first kappa shape index (κ1) is 7.56. The molecule has 1 spiro atoms. The van der Waals surface area contributed by atoms with Crippen LogP contribution in [0.5, 0.6) is 0 Å². The fraction of sp³-hybridized carbons (Fsp3) is 0.700. The Labute approximate surface area is 78.4 Å². The molecule has 2 aliphatic rings. The standard InChI is InChI=1S/C10H15N3/c1-12-7-11-9-8(12)3-6-13(2)10(9)4-5-10/h7H,3-6H2,1-2H3. The zero-order valence-electron chi connectivity index (χ0n) is 8.25. The summed E-state index contributed by atoms with van der Waals surface area (Å²) in [4.78, 5) is 7.02. The van der Waals surface area contributed by atoms with Gasteiger partial charge in [0.2, 0.25) is 0 Å². The molecular weight excluding hydrogens is 162 g/mol. The van der Waals surface area contributed by atoms with E-state index in [0.29, 0.717) is 5.54 Å². The van der Waals surface area contributed by atoms with Crippen molar-refractivity contribution in [2.45, 2.75) is 24.8 Å². The molecular formula is C10H15N3. The average molecular weight is 177 g/mol. The van der Waals surface area contributed by atoms with Crippen molar-refractivity contribution >= 4 is 0 Å². The Kier molecular flexibility index (Phi) is 1.25. The van der Waals surface area contributed by atoms with Gasteiger partial charge in [-0.3, -0.25) is 4.90 Å². The highest BCUT2D eigenvalue weighted by Gasteiger charge is 2.52. The minimum atomic E-state index is 0.342. The van der Waals surface area contributed by atoms with Gasteiger partial charge in [-0.1, -0.05) is 0 Å². The van der Waals surface area contributed by atoms with Crippen LogP contribution in [0.25, 0.3) is 0 Å². The van der Waals surface area contributed by atoms with E-state index in [1.54, 1.807) is 0 Å². The van der Waals surface area contributed by atoms with Gasteiger partial charge in [0.15, 0.2) is 0 Å². The topological polar surface area (TPSA) is 21.1 Å². The molecule has 70 valence electrons. The number of hydrogen-bond acceptors (Lipinski definition) is 2. The number of imidazole rings is 1. The normalized spacial score (nSPS) is 24.8. The van der Waals surface area contributed by atoms with Gasteiger partial charge in [-0.05, 0) is 19.9 Å². The lowest BCUT2D eigenvalue weighted by molar-refractivity contribution is 0.202. The van der Waals surface area contributed by atoms with Gasteiger partial charge in [-0.2, -0.15) is 0 Å². The van der Waals surface area contributed by atoms with Gasteiger partial charge in [-0.15, -0.1) is 0 Å². The van der Waals surface area contributed by atoms with Gasteiger partial charge >= 0.3 is 0 Å². The molecule has 3 heteroatoms.